The molecular weight excluding hydrogens is 228 g/mol. The standard InChI is InChI=1S/C14H26N2S/c1-2-3-4-5-6-7-8-9-10-13(15)14-11-16-12-17-14/h11-13H,2-10,15H2,1H3. The second-order valence-corrected chi connectivity index (χ2v) is 5.69. The summed E-state index contributed by atoms with van der Waals surface area (Å²) < 4.78 is 0. The van der Waals surface area contributed by atoms with E-state index in [-0.39, 0.29) is 6.04 Å². The van der Waals surface area contributed by atoms with E-state index in [9.17, 15) is 0 Å². The van der Waals surface area contributed by atoms with Crippen molar-refractivity contribution in [1.82, 2.24) is 4.98 Å². The fourth-order valence-electron chi connectivity index (χ4n) is 2.05. The van der Waals surface area contributed by atoms with Gasteiger partial charge in [-0.15, -0.1) is 11.3 Å². The maximum absolute atomic E-state index is 6.09. The molecule has 0 saturated carbocycles. The molecule has 1 aromatic heterocycles. The molecule has 0 aromatic carbocycles. The third-order valence-corrected chi connectivity index (χ3v) is 4.09. The van der Waals surface area contributed by atoms with Crippen molar-refractivity contribution in [1.29, 1.82) is 0 Å². The van der Waals surface area contributed by atoms with Crippen LogP contribution in [0, 0.1) is 0 Å². The second kappa shape index (κ2) is 9.60. The molecule has 0 aliphatic rings. The van der Waals surface area contributed by atoms with Gasteiger partial charge in [-0.05, 0) is 6.42 Å². The van der Waals surface area contributed by atoms with Crippen LogP contribution in [0.3, 0.4) is 0 Å². The molecule has 0 amide bonds. The number of thiazole rings is 1. The quantitative estimate of drug-likeness (QED) is 0.616. The van der Waals surface area contributed by atoms with Gasteiger partial charge in [0.05, 0.1) is 5.51 Å². The molecule has 0 aliphatic carbocycles. The van der Waals surface area contributed by atoms with E-state index in [0.29, 0.717) is 0 Å². The van der Waals surface area contributed by atoms with Gasteiger partial charge in [0.2, 0.25) is 0 Å². The third kappa shape index (κ3) is 6.79. The summed E-state index contributed by atoms with van der Waals surface area (Å²) in [6.07, 6.45) is 13.9. The summed E-state index contributed by atoms with van der Waals surface area (Å²) in [5, 5.41) is 0. The summed E-state index contributed by atoms with van der Waals surface area (Å²) in [5.41, 5.74) is 7.95. The van der Waals surface area contributed by atoms with Gasteiger partial charge in [-0.1, -0.05) is 58.3 Å². The maximum atomic E-state index is 6.09. The van der Waals surface area contributed by atoms with Crippen LogP contribution in [0.2, 0.25) is 0 Å². The van der Waals surface area contributed by atoms with Gasteiger partial charge in [-0.3, -0.25) is 4.98 Å². The number of nitrogens with zero attached hydrogens (tertiary/aromatic N) is 1. The Bertz CT molecular complexity index is 259. The predicted molar refractivity (Wildman–Crippen MR) is 76.3 cm³/mol. The molecule has 3 heteroatoms. The van der Waals surface area contributed by atoms with Gasteiger partial charge in [0.1, 0.15) is 0 Å². The van der Waals surface area contributed by atoms with Gasteiger partial charge in [0, 0.05) is 17.1 Å². The Labute approximate surface area is 110 Å². The molecule has 0 fully saturated rings. The average molecular weight is 254 g/mol. The lowest BCUT2D eigenvalue weighted by molar-refractivity contribution is 0.539. The van der Waals surface area contributed by atoms with Crippen LogP contribution in [-0.2, 0) is 0 Å². The second-order valence-electron chi connectivity index (χ2n) is 4.77. The Hall–Kier alpha value is -0.410. The lowest BCUT2D eigenvalue weighted by atomic mass is 10.0. The highest BCUT2D eigenvalue weighted by atomic mass is 32.1. The summed E-state index contributed by atoms with van der Waals surface area (Å²) in [4.78, 5) is 5.30. The molecule has 98 valence electrons. The highest BCUT2D eigenvalue weighted by molar-refractivity contribution is 7.09. The minimum Gasteiger partial charge on any atom is -0.323 e. The molecule has 0 bridgehead atoms. The lowest BCUT2D eigenvalue weighted by Gasteiger charge is -2.08. The fraction of sp³-hybridized carbons (Fsp3) is 0.786. The van der Waals surface area contributed by atoms with E-state index >= 15 is 0 Å². The molecule has 1 unspecified atom stereocenters. The number of aromatic nitrogens is 1. The van der Waals surface area contributed by atoms with Crippen LogP contribution in [0.15, 0.2) is 11.7 Å². The van der Waals surface area contributed by atoms with Crippen LogP contribution in [0.5, 0.6) is 0 Å². The number of nitrogens with two attached hydrogens (primary N) is 1. The van der Waals surface area contributed by atoms with Crippen LogP contribution >= 0.6 is 11.3 Å². The van der Waals surface area contributed by atoms with E-state index in [1.807, 2.05) is 11.7 Å². The number of rotatable bonds is 10. The normalized spacial score (nSPS) is 12.8. The van der Waals surface area contributed by atoms with Crippen LogP contribution in [0.4, 0.5) is 0 Å². The molecule has 17 heavy (non-hydrogen) atoms. The Kier molecular flexibility index (Phi) is 8.28. The summed E-state index contributed by atoms with van der Waals surface area (Å²) in [7, 11) is 0. The Morgan fingerprint density at radius 2 is 1.76 bits per heavy atom. The van der Waals surface area contributed by atoms with E-state index in [4.69, 9.17) is 5.73 Å². The van der Waals surface area contributed by atoms with Gasteiger partial charge in [0.15, 0.2) is 0 Å². The molecule has 1 rings (SSSR count). The number of unbranched alkanes of at least 4 members (excludes halogenated alkanes) is 7. The zero-order valence-electron chi connectivity index (χ0n) is 11.0. The van der Waals surface area contributed by atoms with Crippen molar-refractivity contribution in [3.05, 3.63) is 16.6 Å². The van der Waals surface area contributed by atoms with Crippen molar-refractivity contribution >= 4 is 11.3 Å². The molecule has 2 N–H and O–H groups in total. The largest absolute Gasteiger partial charge is 0.323 e. The van der Waals surface area contributed by atoms with Crippen LogP contribution in [0.1, 0.15) is 75.6 Å². The molecule has 0 aliphatic heterocycles. The molecule has 1 atom stereocenters. The average Bonchev–Trinajstić information content (AvgIpc) is 2.86. The summed E-state index contributed by atoms with van der Waals surface area (Å²) in [6.45, 7) is 2.26. The highest BCUT2D eigenvalue weighted by Crippen LogP contribution is 2.20. The van der Waals surface area contributed by atoms with E-state index in [0.717, 1.165) is 6.42 Å². The van der Waals surface area contributed by atoms with Crippen molar-refractivity contribution in [2.45, 2.75) is 70.8 Å². The van der Waals surface area contributed by atoms with Crippen molar-refractivity contribution in [3.8, 4) is 0 Å². The van der Waals surface area contributed by atoms with Crippen molar-refractivity contribution in [3.63, 3.8) is 0 Å². The first-order valence-corrected chi connectivity index (χ1v) is 7.86. The first-order chi connectivity index (χ1) is 8.34. The summed E-state index contributed by atoms with van der Waals surface area (Å²) in [5.74, 6) is 0. The number of hydrogen-bond acceptors (Lipinski definition) is 3. The van der Waals surface area contributed by atoms with Crippen molar-refractivity contribution in [2.75, 3.05) is 0 Å². The molecule has 0 saturated heterocycles. The zero-order chi connectivity index (χ0) is 12.3. The first-order valence-electron chi connectivity index (χ1n) is 6.98. The maximum Gasteiger partial charge on any atom is 0.0794 e. The van der Waals surface area contributed by atoms with E-state index in [1.54, 1.807) is 11.3 Å². The van der Waals surface area contributed by atoms with E-state index in [2.05, 4.69) is 11.9 Å². The SMILES string of the molecule is CCCCCCCCCCC(N)c1cncs1. The monoisotopic (exact) mass is 254 g/mol. The van der Waals surface area contributed by atoms with E-state index < -0.39 is 0 Å². The van der Waals surface area contributed by atoms with Gasteiger partial charge >= 0.3 is 0 Å². The molecule has 0 radical (unpaired) electrons. The van der Waals surface area contributed by atoms with Gasteiger partial charge in [-0.25, -0.2) is 0 Å². The molecule has 0 spiro atoms. The summed E-state index contributed by atoms with van der Waals surface area (Å²) >= 11 is 1.67. The van der Waals surface area contributed by atoms with Gasteiger partial charge < -0.3 is 5.73 Å². The Balaban J connectivity index is 1.90. The molecular formula is C14H26N2S. The van der Waals surface area contributed by atoms with Crippen LogP contribution < -0.4 is 5.73 Å². The molecule has 1 aromatic rings. The van der Waals surface area contributed by atoms with Gasteiger partial charge in [-0.2, -0.15) is 0 Å². The van der Waals surface area contributed by atoms with Crippen molar-refractivity contribution < 1.29 is 0 Å². The predicted octanol–water partition coefficient (Wildman–Crippen LogP) is 4.67. The zero-order valence-corrected chi connectivity index (χ0v) is 11.8. The summed E-state index contributed by atoms with van der Waals surface area (Å²) in [6, 6.07) is 0.211. The van der Waals surface area contributed by atoms with Crippen LogP contribution in [0.25, 0.3) is 0 Å². The first kappa shape index (κ1) is 14.7. The van der Waals surface area contributed by atoms with Crippen LogP contribution in [-0.4, -0.2) is 4.98 Å². The smallest absolute Gasteiger partial charge is 0.0794 e. The molecule has 1 heterocycles. The Morgan fingerprint density at radius 3 is 2.35 bits per heavy atom. The molecule has 2 nitrogen and oxygen atoms in total. The minimum absolute atomic E-state index is 0.211. The Morgan fingerprint density at radius 1 is 1.12 bits per heavy atom. The fourth-order valence-corrected chi connectivity index (χ4v) is 2.71. The van der Waals surface area contributed by atoms with Crippen molar-refractivity contribution in [2.24, 2.45) is 5.73 Å². The topological polar surface area (TPSA) is 38.9 Å². The highest BCUT2D eigenvalue weighted by Gasteiger charge is 2.06. The number of hydrogen-bond donors (Lipinski definition) is 1. The lowest BCUT2D eigenvalue weighted by Crippen LogP contribution is -2.08. The van der Waals surface area contributed by atoms with Gasteiger partial charge in [0.25, 0.3) is 0 Å². The minimum atomic E-state index is 0.211. The third-order valence-electron chi connectivity index (χ3n) is 3.19. The van der Waals surface area contributed by atoms with E-state index in [1.165, 1.54) is 56.2 Å².